The zero-order chi connectivity index (χ0) is 36.5. The summed E-state index contributed by atoms with van der Waals surface area (Å²) in [6, 6.07) is 7.44. The minimum absolute atomic E-state index is 0.0493. The van der Waals surface area contributed by atoms with E-state index in [1.165, 1.54) is 47.7 Å². The first-order valence-corrected chi connectivity index (χ1v) is 19.8. The SMILES string of the molecule is COC(=O)N[C@@H](CC/C=C/C(=O)N(C)C)C(=O)Nc1cccn(Cc2nc3c(C(F)(F)C(C)C)cccc3n2COCC[Si](C)(C)C)c1=O. The van der Waals surface area contributed by atoms with E-state index in [9.17, 15) is 19.2 Å². The summed E-state index contributed by atoms with van der Waals surface area (Å²) in [6.45, 7) is 10.0. The second-order valence-corrected chi connectivity index (χ2v) is 19.1. The molecule has 3 aromatic rings. The number of benzene rings is 1. The molecular weight excluding hydrogens is 654 g/mol. The van der Waals surface area contributed by atoms with E-state index in [1.54, 1.807) is 42.9 Å². The van der Waals surface area contributed by atoms with Crippen LogP contribution in [-0.4, -0.2) is 78.9 Å². The van der Waals surface area contributed by atoms with Crippen LogP contribution in [0.2, 0.25) is 25.7 Å². The predicted molar refractivity (Wildman–Crippen MR) is 187 cm³/mol. The molecule has 2 N–H and O–H groups in total. The number of allylic oxidation sites excluding steroid dienone is 1. The molecule has 15 heteroatoms. The van der Waals surface area contributed by atoms with Gasteiger partial charge in [-0.25, -0.2) is 18.6 Å². The Labute approximate surface area is 286 Å². The molecule has 1 atom stereocenters. The van der Waals surface area contributed by atoms with Gasteiger partial charge < -0.3 is 34.1 Å². The quantitative estimate of drug-likeness (QED) is 0.116. The number of carbonyl (C=O) groups is 3. The van der Waals surface area contributed by atoms with E-state index in [-0.39, 0.29) is 48.8 Å². The van der Waals surface area contributed by atoms with Crippen molar-refractivity contribution in [3.63, 3.8) is 0 Å². The maximum Gasteiger partial charge on any atom is 0.407 e. The van der Waals surface area contributed by atoms with Gasteiger partial charge in [0, 0.05) is 46.5 Å². The third-order valence-corrected chi connectivity index (χ3v) is 9.57. The molecule has 2 aromatic heterocycles. The third kappa shape index (κ3) is 10.6. The number of pyridine rings is 1. The average Bonchev–Trinajstić information content (AvgIpc) is 3.38. The number of fused-ring (bicyclic) bond motifs is 1. The molecule has 12 nitrogen and oxygen atoms in total. The molecule has 1 aromatic carbocycles. The highest BCUT2D eigenvalue weighted by atomic mass is 28.3. The standard InChI is InChI=1S/C34H48F2N6O6Si/c1-23(2)34(35,36)24-13-11-16-27-30(24)39-28(42(27)22-48-19-20-49(6,7)8)21-41-18-12-15-26(32(41)45)37-31(44)25(38-33(46)47-5)14-9-10-17-29(43)40(3)4/h10-13,15-18,23,25H,9,14,19-22H2,1-8H3,(H,37,44)(H,38,46)/b17-10+/t25-/m0/s1. The van der Waals surface area contributed by atoms with Crippen LogP contribution in [0.15, 0.2) is 53.5 Å². The predicted octanol–water partition coefficient (Wildman–Crippen LogP) is 5.39. The number of alkyl halides is 2. The molecule has 0 fully saturated rings. The lowest BCUT2D eigenvalue weighted by atomic mass is 9.97. The number of nitrogens with one attached hydrogen (secondary N) is 2. The number of methoxy groups -OCH3 is 1. The van der Waals surface area contributed by atoms with Crippen LogP contribution in [0.3, 0.4) is 0 Å². The van der Waals surface area contributed by atoms with Gasteiger partial charge in [-0.1, -0.05) is 51.7 Å². The number of anilines is 1. The monoisotopic (exact) mass is 702 g/mol. The Morgan fingerprint density at radius 2 is 1.84 bits per heavy atom. The minimum Gasteiger partial charge on any atom is -0.453 e. The second kappa shape index (κ2) is 16.8. The highest BCUT2D eigenvalue weighted by molar-refractivity contribution is 6.76. The van der Waals surface area contributed by atoms with Crippen LogP contribution in [-0.2, 0) is 38.3 Å². The third-order valence-electron chi connectivity index (χ3n) is 7.87. The van der Waals surface area contributed by atoms with Crippen molar-refractivity contribution in [1.29, 1.82) is 0 Å². The van der Waals surface area contributed by atoms with Gasteiger partial charge in [0.25, 0.3) is 11.5 Å². The van der Waals surface area contributed by atoms with Crippen LogP contribution in [0, 0.1) is 5.92 Å². The summed E-state index contributed by atoms with van der Waals surface area (Å²) in [5, 5.41) is 5.04. The van der Waals surface area contributed by atoms with Crippen LogP contribution >= 0.6 is 0 Å². The summed E-state index contributed by atoms with van der Waals surface area (Å²) in [7, 11) is 2.98. The Kier molecular flexibility index (Phi) is 13.4. The van der Waals surface area contributed by atoms with Crippen molar-refractivity contribution >= 4 is 42.7 Å². The van der Waals surface area contributed by atoms with Gasteiger partial charge in [0.2, 0.25) is 11.8 Å². The van der Waals surface area contributed by atoms with E-state index in [4.69, 9.17) is 4.74 Å². The first-order chi connectivity index (χ1) is 23.0. The van der Waals surface area contributed by atoms with Gasteiger partial charge >= 0.3 is 6.09 Å². The van der Waals surface area contributed by atoms with Gasteiger partial charge in [-0.3, -0.25) is 14.4 Å². The van der Waals surface area contributed by atoms with Gasteiger partial charge in [0.15, 0.2) is 0 Å². The van der Waals surface area contributed by atoms with Crippen LogP contribution in [0.5, 0.6) is 0 Å². The number of ether oxygens (including phenoxy) is 2. The molecule has 0 bridgehead atoms. The number of amides is 3. The van der Waals surface area contributed by atoms with E-state index >= 15 is 8.78 Å². The molecule has 0 radical (unpaired) electrons. The Hall–Kier alpha value is -4.37. The first kappa shape index (κ1) is 39.1. The van der Waals surface area contributed by atoms with E-state index in [0.717, 1.165) is 13.2 Å². The van der Waals surface area contributed by atoms with Crippen molar-refractivity contribution in [3.8, 4) is 0 Å². The first-order valence-electron chi connectivity index (χ1n) is 16.1. The van der Waals surface area contributed by atoms with Crippen molar-refractivity contribution in [2.24, 2.45) is 5.92 Å². The topological polar surface area (TPSA) is 137 Å². The molecule has 268 valence electrons. The van der Waals surface area contributed by atoms with Crippen LogP contribution in [0.25, 0.3) is 11.0 Å². The van der Waals surface area contributed by atoms with Gasteiger partial charge in [0.05, 0.1) is 24.7 Å². The minimum atomic E-state index is -3.15. The van der Waals surface area contributed by atoms with Crippen molar-refractivity contribution in [2.45, 2.75) is 77.6 Å². The maximum absolute atomic E-state index is 15.4. The molecule has 49 heavy (non-hydrogen) atoms. The smallest absolute Gasteiger partial charge is 0.407 e. The molecule has 0 aliphatic rings. The van der Waals surface area contributed by atoms with Crippen molar-refractivity contribution in [1.82, 2.24) is 24.3 Å². The Morgan fingerprint density at radius 3 is 2.47 bits per heavy atom. The van der Waals surface area contributed by atoms with Crippen LogP contribution in [0.4, 0.5) is 19.3 Å². The van der Waals surface area contributed by atoms with Crippen LogP contribution < -0.4 is 16.2 Å². The van der Waals surface area contributed by atoms with E-state index in [2.05, 4.69) is 40.0 Å². The number of carbonyl (C=O) groups excluding carboxylic acids is 3. The summed E-state index contributed by atoms with van der Waals surface area (Å²) < 4.78 is 44.4. The molecule has 0 aliphatic heterocycles. The van der Waals surface area contributed by atoms with Gasteiger partial charge in [-0.15, -0.1) is 0 Å². The summed E-state index contributed by atoms with van der Waals surface area (Å²) >= 11 is 0. The number of nitrogens with zero attached hydrogens (tertiary/aromatic N) is 4. The number of hydrogen-bond acceptors (Lipinski definition) is 7. The zero-order valence-corrected chi connectivity index (χ0v) is 30.5. The largest absolute Gasteiger partial charge is 0.453 e. The fourth-order valence-electron chi connectivity index (χ4n) is 4.77. The molecule has 0 aliphatic carbocycles. The lowest BCUT2D eigenvalue weighted by Crippen LogP contribution is -2.44. The van der Waals surface area contributed by atoms with E-state index < -0.39 is 43.5 Å². The highest BCUT2D eigenvalue weighted by Gasteiger charge is 2.38. The van der Waals surface area contributed by atoms with E-state index in [0.29, 0.717) is 17.9 Å². The molecule has 3 amide bonds. The number of alkyl carbamates (subject to hydrolysis) is 1. The number of likely N-dealkylation sites (N-methyl/N-ethyl adjacent to an activating group) is 1. The molecule has 2 heterocycles. The molecule has 0 spiro atoms. The van der Waals surface area contributed by atoms with Crippen molar-refractivity contribution < 1.29 is 32.6 Å². The van der Waals surface area contributed by atoms with Crippen molar-refractivity contribution in [2.75, 3.05) is 33.1 Å². The Bertz CT molecular complexity index is 1710. The fraction of sp³-hybridized carbons (Fsp3) is 0.500. The summed E-state index contributed by atoms with van der Waals surface area (Å²) in [5.74, 6) is -4.71. The summed E-state index contributed by atoms with van der Waals surface area (Å²) in [6.07, 6.45) is 4.00. The lowest BCUT2D eigenvalue weighted by molar-refractivity contribution is -0.123. The Morgan fingerprint density at radius 1 is 1.12 bits per heavy atom. The van der Waals surface area contributed by atoms with Gasteiger partial charge in [-0.2, -0.15) is 0 Å². The summed E-state index contributed by atoms with van der Waals surface area (Å²) in [4.78, 5) is 56.7. The second-order valence-electron chi connectivity index (χ2n) is 13.5. The highest BCUT2D eigenvalue weighted by Crippen LogP contribution is 2.39. The number of rotatable bonds is 16. The fourth-order valence-corrected chi connectivity index (χ4v) is 5.53. The molecule has 0 saturated heterocycles. The Balaban J connectivity index is 1.94. The zero-order valence-electron chi connectivity index (χ0n) is 29.5. The molecule has 3 rings (SSSR count). The summed E-state index contributed by atoms with van der Waals surface area (Å²) in [5.41, 5.74) is -0.267. The molecule has 0 saturated carbocycles. The maximum atomic E-state index is 15.4. The van der Waals surface area contributed by atoms with Gasteiger partial charge in [-0.05, 0) is 43.2 Å². The lowest BCUT2D eigenvalue weighted by Gasteiger charge is -2.21. The number of para-hydroxylation sites is 1. The number of imidazole rings is 1. The number of halogens is 2. The normalized spacial score (nSPS) is 12.8. The van der Waals surface area contributed by atoms with Gasteiger partial charge in [0.1, 0.15) is 24.3 Å². The number of aromatic nitrogens is 3. The molecular formula is C34H48F2N6O6Si. The van der Waals surface area contributed by atoms with Crippen molar-refractivity contribution in [3.05, 3.63) is 70.4 Å². The van der Waals surface area contributed by atoms with Crippen LogP contribution in [0.1, 0.15) is 38.1 Å². The molecule has 0 unspecified atom stereocenters. The average molecular weight is 703 g/mol. The number of hydrogen-bond donors (Lipinski definition) is 2. The van der Waals surface area contributed by atoms with E-state index in [1.807, 2.05) is 0 Å².